The van der Waals surface area contributed by atoms with Crippen molar-refractivity contribution in [2.45, 2.75) is 32.8 Å². The van der Waals surface area contributed by atoms with Gasteiger partial charge in [-0.3, -0.25) is 9.48 Å². The standard InChI is InChI=1S/C11H18N2O2/c1-8(2)11(15)10(14)5-4-9-6-12-13(3)7-9/h6-8,11,15H,4-5H2,1-3H3. The average molecular weight is 210 g/mol. The van der Waals surface area contributed by atoms with Crippen molar-refractivity contribution in [3.63, 3.8) is 0 Å². The molecule has 1 aromatic heterocycles. The maximum atomic E-state index is 11.5. The lowest BCUT2D eigenvalue weighted by molar-refractivity contribution is -0.129. The number of carbonyl (C=O) groups is 1. The van der Waals surface area contributed by atoms with Gasteiger partial charge in [0.25, 0.3) is 0 Å². The lowest BCUT2D eigenvalue weighted by Gasteiger charge is -2.12. The molecule has 1 aromatic rings. The molecule has 0 spiro atoms. The molecule has 0 fully saturated rings. The molecule has 1 N–H and O–H groups in total. The summed E-state index contributed by atoms with van der Waals surface area (Å²) in [5.74, 6) is -0.0970. The lowest BCUT2D eigenvalue weighted by atomic mass is 9.99. The molecule has 0 saturated heterocycles. The van der Waals surface area contributed by atoms with Gasteiger partial charge in [-0.15, -0.1) is 0 Å². The summed E-state index contributed by atoms with van der Waals surface area (Å²) in [6, 6.07) is 0. The van der Waals surface area contributed by atoms with Gasteiger partial charge in [-0.25, -0.2) is 0 Å². The third kappa shape index (κ3) is 3.47. The summed E-state index contributed by atoms with van der Waals surface area (Å²) in [5, 5.41) is 13.5. The summed E-state index contributed by atoms with van der Waals surface area (Å²) >= 11 is 0. The van der Waals surface area contributed by atoms with E-state index in [1.54, 1.807) is 10.9 Å². The summed E-state index contributed by atoms with van der Waals surface area (Å²) in [5.41, 5.74) is 1.03. The largest absolute Gasteiger partial charge is 0.385 e. The second kappa shape index (κ2) is 5.07. The fourth-order valence-electron chi connectivity index (χ4n) is 1.39. The Morgan fingerprint density at radius 2 is 2.27 bits per heavy atom. The molecule has 4 nitrogen and oxygen atoms in total. The number of hydrogen-bond acceptors (Lipinski definition) is 3. The fraction of sp³-hybridized carbons (Fsp3) is 0.636. The van der Waals surface area contributed by atoms with Gasteiger partial charge in [-0.05, 0) is 17.9 Å². The van der Waals surface area contributed by atoms with E-state index in [2.05, 4.69) is 5.10 Å². The molecule has 84 valence electrons. The number of ketones is 1. The number of aliphatic hydroxyl groups excluding tert-OH is 1. The molecule has 0 saturated carbocycles. The van der Waals surface area contributed by atoms with E-state index in [1.807, 2.05) is 27.1 Å². The minimum Gasteiger partial charge on any atom is -0.385 e. The Bertz CT molecular complexity index is 331. The van der Waals surface area contributed by atoms with Crippen LogP contribution in [0.2, 0.25) is 0 Å². The molecule has 15 heavy (non-hydrogen) atoms. The zero-order valence-corrected chi connectivity index (χ0v) is 9.47. The maximum Gasteiger partial charge on any atom is 0.161 e. The molecule has 1 rings (SSSR count). The Labute approximate surface area is 89.9 Å². The fourth-order valence-corrected chi connectivity index (χ4v) is 1.39. The van der Waals surface area contributed by atoms with Crippen LogP contribution in [0, 0.1) is 5.92 Å². The van der Waals surface area contributed by atoms with Crippen molar-refractivity contribution in [3.8, 4) is 0 Å². The van der Waals surface area contributed by atoms with Crippen molar-refractivity contribution in [2.75, 3.05) is 0 Å². The predicted octanol–water partition coefficient (Wildman–Crippen LogP) is 0.939. The highest BCUT2D eigenvalue weighted by atomic mass is 16.3. The Hall–Kier alpha value is -1.16. The first kappa shape index (κ1) is 11.9. The number of rotatable bonds is 5. The number of hydrogen-bond donors (Lipinski definition) is 1. The van der Waals surface area contributed by atoms with Gasteiger partial charge in [0, 0.05) is 19.7 Å². The third-order valence-electron chi connectivity index (χ3n) is 2.38. The van der Waals surface area contributed by atoms with Crippen LogP contribution < -0.4 is 0 Å². The van der Waals surface area contributed by atoms with Gasteiger partial charge in [0.15, 0.2) is 5.78 Å². The first-order valence-electron chi connectivity index (χ1n) is 5.19. The summed E-state index contributed by atoms with van der Waals surface area (Å²) < 4.78 is 1.71. The maximum absolute atomic E-state index is 11.5. The Morgan fingerprint density at radius 3 is 2.73 bits per heavy atom. The third-order valence-corrected chi connectivity index (χ3v) is 2.38. The van der Waals surface area contributed by atoms with E-state index in [9.17, 15) is 9.90 Å². The number of nitrogens with zero attached hydrogens (tertiary/aromatic N) is 2. The minimum atomic E-state index is -0.832. The van der Waals surface area contributed by atoms with Crippen LogP contribution in [0.15, 0.2) is 12.4 Å². The molecule has 0 aliphatic carbocycles. The number of aromatic nitrogens is 2. The molecule has 0 aromatic carbocycles. The van der Waals surface area contributed by atoms with Crippen LogP contribution in [0.1, 0.15) is 25.8 Å². The molecular weight excluding hydrogens is 192 g/mol. The Balaban J connectivity index is 2.40. The van der Waals surface area contributed by atoms with Crippen LogP contribution in [0.25, 0.3) is 0 Å². The second-order valence-corrected chi connectivity index (χ2v) is 4.18. The first-order chi connectivity index (χ1) is 7.00. The van der Waals surface area contributed by atoms with E-state index in [0.717, 1.165) is 5.56 Å². The van der Waals surface area contributed by atoms with Crippen LogP contribution in [0.3, 0.4) is 0 Å². The summed E-state index contributed by atoms with van der Waals surface area (Å²) in [6.45, 7) is 3.68. The van der Waals surface area contributed by atoms with Gasteiger partial charge in [0.05, 0.1) is 6.20 Å². The van der Waals surface area contributed by atoms with Gasteiger partial charge >= 0.3 is 0 Å². The molecule has 0 bridgehead atoms. The monoisotopic (exact) mass is 210 g/mol. The topological polar surface area (TPSA) is 55.1 Å². The molecule has 0 aliphatic rings. The summed E-state index contributed by atoms with van der Waals surface area (Å²) in [7, 11) is 1.84. The van der Waals surface area contributed by atoms with E-state index in [-0.39, 0.29) is 11.7 Å². The zero-order chi connectivity index (χ0) is 11.4. The van der Waals surface area contributed by atoms with E-state index in [0.29, 0.717) is 12.8 Å². The smallest absolute Gasteiger partial charge is 0.161 e. The van der Waals surface area contributed by atoms with Crippen molar-refractivity contribution in [1.29, 1.82) is 0 Å². The molecule has 1 heterocycles. The number of aryl methyl sites for hydroxylation is 2. The molecule has 0 amide bonds. The van der Waals surface area contributed by atoms with Crippen molar-refractivity contribution >= 4 is 5.78 Å². The van der Waals surface area contributed by atoms with Gasteiger partial charge in [-0.2, -0.15) is 5.10 Å². The van der Waals surface area contributed by atoms with Crippen molar-refractivity contribution in [3.05, 3.63) is 18.0 Å². The average Bonchev–Trinajstić information content (AvgIpc) is 2.59. The first-order valence-corrected chi connectivity index (χ1v) is 5.19. The molecule has 4 heteroatoms. The normalized spacial score (nSPS) is 13.1. The van der Waals surface area contributed by atoms with E-state index in [4.69, 9.17) is 0 Å². The van der Waals surface area contributed by atoms with Crippen molar-refractivity contribution in [1.82, 2.24) is 9.78 Å². The number of carbonyl (C=O) groups excluding carboxylic acids is 1. The Kier molecular flexibility index (Phi) is 4.03. The van der Waals surface area contributed by atoms with Gasteiger partial charge in [0.2, 0.25) is 0 Å². The van der Waals surface area contributed by atoms with Crippen LogP contribution in [0.4, 0.5) is 0 Å². The van der Waals surface area contributed by atoms with Crippen LogP contribution in [-0.2, 0) is 18.3 Å². The quantitative estimate of drug-likeness (QED) is 0.787. The predicted molar refractivity (Wildman–Crippen MR) is 57.4 cm³/mol. The van der Waals surface area contributed by atoms with Gasteiger partial charge in [-0.1, -0.05) is 13.8 Å². The minimum absolute atomic E-state index is 0.00796. The summed E-state index contributed by atoms with van der Waals surface area (Å²) in [6.07, 6.45) is 3.83. The number of aliphatic hydroxyl groups is 1. The lowest BCUT2D eigenvalue weighted by Crippen LogP contribution is -2.26. The van der Waals surface area contributed by atoms with E-state index < -0.39 is 6.10 Å². The van der Waals surface area contributed by atoms with E-state index >= 15 is 0 Å². The highest BCUT2D eigenvalue weighted by molar-refractivity contribution is 5.83. The number of Topliss-reactive ketones (excluding diaryl/α,β-unsaturated/α-hetero) is 1. The molecule has 1 unspecified atom stereocenters. The molecular formula is C11H18N2O2. The Morgan fingerprint density at radius 1 is 1.60 bits per heavy atom. The van der Waals surface area contributed by atoms with E-state index in [1.165, 1.54) is 0 Å². The zero-order valence-electron chi connectivity index (χ0n) is 9.47. The molecule has 1 atom stereocenters. The van der Waals surface area contributed by atoms with Gasteiger partial charge < -0.3 is 5.11 Å². The van der Waals surface area contributed by atoms with Crippen LogP contribution >= 0.6 is 0 Å². The molecule has 0 aliphatic heterocycles. The summed E-state index contributed by atoms with van der Waals surface area (Å²) in [4.78, 5) is 11.5. The van der Waals surface area contributed by atoms with Crippen molar-refractivity contribution in [2.24, 2.45) is 13.0 Å². The second-order valence-electron chi connectivity index (χ2n) is 4.18. The van der Waals surface area contributed by atoms with Gasteiger partial charge in [0.1, 0.15) is 6.10 Å². The van der Waals surface area contributed by atoms with Crippen LogP contribution in [-0.4, -0.2) is 26.8 Å². The molecule has 0 radical (unpaired) electrons. The van der Waals surface area contributed by atoms with Crippen molar-refractivity contribution < 1.29 is 9.90 Å². The van der Waals surface area contributed by atoms with Crippen LogP contribution in [0.5, 0.6) is 0 Å². The highest BCUT2D eigenvalue weighted by Gasteiger charge is 2.18. The highest BCUT2D eigenvalue weighted by Crippen LogP contribution is 2.08. The SMILES string of the molecule is CC(C)C(O)C(=O)CCc1cnn(C)c1.